The van der Waals surface area contributed by atoms with Gasteiger partial charge in [0.15, 0.2) is 5.96 Å². The topological polar surface area (TPSA) is 72.5 Å². The Balaban J connectivity index is 1.26. The summed E-state index contributed by atoms with van der Waals surface area (Å²) in [5.74, 6) is 0.953. The summed E-state index contributed by atoms with van der Waals surface area (Å²) in [5.41, 5.74) is 3.76. The van der Waals surface area contributed by atoms with Gasteiger partial charge in [0.2, 0.25) is 5.91 Å². The van der Waals surface area contributed by atoms with Crippen molar-refractivity contribution in [3.05, 3.63) is 57.9 Å². The van der Waals surface area contributed by atoms with E-state index in [0.29, 0.717) is 13.0 Å². The number of guanidine groups is 1. The second-order valence-corrected chi connectivity index (χ2v) is 8.48. The second-order valence-electron chi connectivity index (χ2n) is 7.48. The maximum absolute atomic E-state index is 12.6. The second kappa shape index (κ2) is 9.80. The number of hydrogen-bond acceptors (Lipinski definition) is 3. The maximum Gasteiger partial charge on any atom is 0.224 e. The molecule has 7 heteroatoms. The Morgan fingerprint density at radius 2 is 2.17 bits per heavy atom. The number of nitrogens with zero attached hydrogens (tertiary/aromatic N) is 2. The number of carbonyl (C=O) groups is 1. The number of benzene rings is 1. The van der Waals surface area contributed by atoms with Gasteiger partial charge in [-0.3, -0.25) is 9.79 Å². The minimum Gasteiger partial charge on any atom is -0.361 e. The fourth-order valence-electron chi connectivity index (χ4n) is 3.88. The van der Waals surface area contributed by atoms with Crippen molar-refractivity contribution in [1.82, 2.24) is 20.5 Å². The molecule has 6 nitrogen and oxygen atoms in total. The zero-order valence-electron chi connectivity index (χ0n) is 17.4. The van der Waals surface area contributed by atoms with Gasteiger partial charge in [0.1, 0.15) is 0 Å². The fourth-order valence-corrected chi connectivity index (χ4v) is 4.77. The molecular weight excluding hydrogens is 394 g/mol. The maximum atomic E-state index is 12.6. The van der Waals surface area contributed by atoms with E-state index in [9.17, 15) is 4.79 Å². The van der Waals surface area contributed by atoms with Gasteiger partial charge in [0.25, 0.3) is 0 Å². The molecule has 3 aromatic rings. The molecule has 0 bridgehead atoms. The lowest BCUT2D eigenvalue weighted by molar-refractivity contribution is -0.131. The zero-order chi connectivity index (χ0) is 20.8. The van der Waals surface area contributed by atoms with Crippen molar-refractivity contribution < 1.29 is 4.79 Å². The number of aromatic amines is 1. The number of thiophene rings is 1. The van der Waals surface area contributed by atoms with Crippen molar-refractivity contribution in [2.24, 2.45) is 4.99 Å². The molecule has 1 aliphatic rings. The number of hydrogen-bond donors (Lipinski definition) is 3. The molecule has 158 valence electrons. The SMILES string of the molecule is CCNC(=NCCC(=O)N1CCc2sccc2C1)NCCc1c[nH]c2ccccc12. The summed E-state index contributed by atoms with van der Waals surface area (Å²) < 4.78 is 0. The third-order valence-electron chi connectivity index (χ3n) is 5.46. The fraction of sp³-hybridized carbons (Fsp3) is 0.391. The Morgan fingerprint density at radius 1 is 1.27 bits per heavy atom. The molecule has 1 aliphatic heterocycles. The molecule has 3 heterocycles. The number of H-pyrrole nitrogens is 1. The number of aliphatic imine (C=N–C) groups is 1. The molecule has 3 N–H and O–H groups in total. The number of amides is 1. The normalized spacial score (nSPS) is 14.0. The summed E-state index contributed by atoms with van der Waals surface area (Å²) in [4.78, 5) is 23.9. The van der Waals surface area contributed by atoms with Crippen molar-refractivity contribution in [3.63, 3.8) is 0 Å². The first-order chi connectivity index (χ1) is 14.7. The van der Waals surface area contributed by atoms with E-state index in [2.05, 4.69) is 56.5 Å². The van der Waals surface area contributed by atoms with E-state index in [-0.39, 0.29) is 5.91 Å². The van der Waals surface area contributed by atoms with Crippen LogP contribution in [0.3, 0.4) is 0 Å². The van der Waals surface area contributed by atoms with E-state index < -0.39 is 0 Å². The molecule has 0 atom stereocenters. The van der Waals surface area contributed by atoms with Crippen LogP contribution in [0.1, 0.15) is 29.3 Å². The van der Waals surface area contributed by atoms with Gasteiger partial charge in [-0.2, -0.15) is 0 Å². The predicted octanol–water partition coefficient (Wildman–Crippen LogP) is 3.30. The van der Waals surface area contributed by atoms with Crippen molar-refractivity contribution >= 4 is 34.1 Å². The highest BCUT2D eigenvalue weighted by Crippen LogP contribution is 2.24. The van der Waals surface area contributed by atoms with Crippen LogP contribution in [0.25, 0.3) is 10.9 Å². The highest BCUT2D eigenvalue weighted by atomic mass is 32.1. The van der Waals surface area contributed by atoms with Gasteiger partial charge in [-0.25, -0.2) is 0 Å². The number of carbonyl (C=O) groups excluding carboxylic acids is 1. The summed E-state index contributed by atoms with van der Waals surface area (Å²) in [6.07, 6.45) is 4.40. The molecule has 0 fully saturated rings. The van der Waals surface area contributed by atoms with E-state index >= 15 is 0 Å². The molecule has 1 aromatic carbocycles. The lowest BCUT2D eigenvalue weighted by atomic mass is 10.1. The standard InChI is InChI=1S/C23H29N5OS/c1-2-24-23(25-11-7-17-15-27-20-6-4-3-5-19(17)20)26-12-8-22(29)28-13-9-21-18(16-28)10-14-30-21/h3-6,10,14-15,27H,2,7-9,11-13,16H2,1H3,(H2,24,25,26). The van der Waals surface area contributed by atoms with Crippen LogP contribution >= 0.6 is 11.3 Å². The molecular formula is C23H29N5OS. The summed E-state index contributed by atoms with van der Waals surface area (Å²) in [6, 6.07) is 10.5. The van der Waals surface area contributed by atoms with Gasteiger partial charge in [-0.05, 0) is 48.4 Å². The first kappa shape index (κ1) is 20.5. The third-order valence-corrected chi connectivity index (χ3v) is 6.48. The molecule has 0 radical (unpaired) electrons. The number of nitrogens with one attached hydrogen (secondary N) is 3. The van der Waals surface area contributed by atoms with Crippen molar-refractivity contribution in [3.8, 4) is 0 Å². The lowest BCUT2D eigenvalue weighted by Gasteiger charge is -2.26. The van der Waals surface area contributed by atoms with Crippen LogP contribution in [0.5, 0.6) is 0 Å². The summed E-state index contributed by atoms with van der Waals surface area (Å²) in [5, 5.41) is 10.0. The Labute approximate surface area is 181 Å². The van der Waals surface area contributed by atoms with E-state index in [1.807, 2.05) is 17.9 Å². The zero-order valence-corrected chi connectivity index (χ0v) is 18.2. The molecule has 0 aliphatic carbocycles. The van der Waals surface area contributed by atoms with E-state index in [1.165, 1.54) is 26.9 Å². The summed E-state index contributed by atoms with van der Waals surface area (Å²) in [7, 11) is 0. The van der Waals surface area contributed by atoms with Crippen molar-refractivity contribution in [2.45, 2.75) is 32.7 Å². The lowest BCUT2D eigenvalue weighted by Crippen LogP contribution is -2.39. The molecule has 2 aromatic heterocycles. The number of rotatable bonds is 7. The van der Waals surface area contributed by atoms with Crippen LogP contribution in [-0.2, 0) is 24.2 Å². The monoisotopic (exact) mass is 423 g/mol. The summed E-state index contributed by atoms with van der Waals surface area (Å²) in [6.45, 7) is 5.68. The minimum atomic E-state index is 0.185. The highest BCUT2D eigenvalue weighted by Gasteiger charge is 2.20. The minimum absolute atomic E-state index is 0.185. The molecule has 0 saturated carbocycles. The highest BCUT2D eigenvalue weighted by molar-refractivity contribution is 7.10. The number of aromatic nitrogens is 1. The first-order valence-electron chi connectivity index (χ1n) is 10.6. The van der Waals surface area contributed by atoms with E-state index in [1.54, 1.807) is 11.3 Å². The van der Waals surface area contributed by atoms with Crippen molar-refractivity contribution in [2.75, 3.05) is 26.2 Å². The first-order valence-corrected chi connectivity index (χ1v) is 11.5. The van der Waals surface area contributed by atoms with Crippen LogP contribution in [-0.4, -0.2) is 47.9 Å². The van der Waals surface area contributed by atoms with Crippen LogP contribution in [0.4, 0.5) is 0 Å². The van der Waals surface area contributed by atoms with E-state index in [4.69, 9.17) is 0 Å². The Kier molecular flexibility index (Phi) is 6.69. The van der Waals surface area contributed by atoms with Crippen molar-refractivity contribution in [1.29, 1.82) is 0 Å². The van der Waals surface area contributed by atoms with Gasteiger partial charge < -0.3 is 20.5 Å². The largest absolute Gasteiger partial charge is 0.361 e. The Bertz CT molecular complexity index is 1020. The number of para-hydroxylation sites is 1. The Morgan fingerprint density at radius 3 is 3.07 bits per heavy atom. The molecule has 0 unspecified atom stereocenters. The van der Waals surface area contributed by atoms with Crippen LogP contribution in [0.15, 0.2) is 46.9 Å². The van der Waals surface area contributed by atoms with Gasteiger partial charge in [-0.15, -0.1) is 11.3 Å². The average Bonchev–Trinajstić information content (AvgIpc) is 3.40. The molecule has 0 saturated heterocycles. The average molecular weight is 424 g/mol. The van der Waals surface area contributed by atoms with Crippen LogP contribution in [0, 0.1) is 0 Å². The van der Waals surface area contributed by atoms with Gasteiger partial charge in [0, 0.05) is 54.6 Å². The van der Waals surface area contributed by atoms with Crippen LogP contribution in [0.2, 0.25) is 0 Å². The predicted molar refractivity (Wildman–Crippen MR) is 124 cm³/mol. The molecule has 4 rings (SSSR count). The molecule has 1 amide bonds. The van der Waals surface area contributed by atoms with Crippen LogP contribution < -0.4 is 10.6 Å². The quantitative estimate of drug-likeness (QED) is 0.403. The van der Waals surface area contributed by atoms with Gasteiger partial charge in [-0.1, -0.05) is 18.2 Å². The van der Waals surface area contributed by atoms with E-state index in [0.717, 1.165) is 45.0 Å². The van der Waals surface area contributed by atoms with Gasteiger partial charge in [0.05, 0.1) is 6.54 Å². The molecule has 30 heavy (non-hydrogen) atoms. The Hall–Kier alpha value is -2.80. The third kappa shape index (κ3) is 4.84. The summed E-state index contributed by atoms with van der Waals surface area (Å²) >= 11 is 1.80. The van der Waals surface area contributed by atoms with Gasteiger partial charge >= 0.3 is 0 Å². The number of fused-ring (bicyclic) bond motifs is 2. The molecule has 0 spiro atoms. The smallest absolute Gasteiger partial charge is 0.224 e.